The second-order valence-electron chi connectivity index (χ2n) is 6.25. The predicted octanol–water partition coefficient (Wildman–Crippen LogP) is 4.24. The summed E-state index contributed by atoms with van der Waals surface area (Å²) >= 11 is 5.92. The summed E-state index contributed by atoms with van der Waals surface area (Å²) in [5, 5.41) is 3.63. The molecule has 0 spiro atoms. The zero-order chi connectivity index (χ0) is 16.9. The average molecular weight is 332 g/mol. The normalized spacial score (nSPS) is 12.5. The molecule has 0 aliphatic carbocycles. The van der Waals surface area contributed by atoms with Crippen molar-refractivity contribution in [2.45, 2.75) is 38.8 Å². The lowest BCUT2D eigenvalue weighted by Crippen LogP contribution is -2.49. The van der Waals surface area contributed by atoms with Gasteiger partial charge in [-0.3, -0.25) is 4.79 Å². The highest BCUT2D eigenvalue weighted by Crippen LogP contribution is 2.19. The first-order valence-corrected chi connectivity index (χ1v) is 8.02. The predicted molar refractivity (Wildman–Crippen MR) is 93.9 cm³/mol. The molecular weight excluding hydrogens is 310 g/mol. The number of carbonyl (C=O) groups is 1. The highest BCUT2D eigenvalue weighted by Gasteiger charge is 2.24. The van der Waals surface area contributed by atoms with Crippen molar-refractivity contribution < 1.29 is 9.53 Å². The fourth-order valence-electron chi connectivity index (χ4n) is 2.38. The molecule has 0 aromatic heterocycles. The first-order valence-electron chi connectivity index (χ1n) is 7.64. The number of hydrogen-bond acceptors (Lipinski definition) is 2. The standard InChI is InChI=1S/C19H22ClNO2/c1-14(23-17-11-7-10-16(20)12-17)18(22)21-19(2,3)13-15-8-5-4-6-9-15/h4-12,14H,13H2,1-3H3,(H,21,22). The SMILES string of the molecule is CC(Oc1cccc(Cl)c1)C(=O)NC(C)(C)Cc1ccccc1. The molecule has 4 heteroatoms. The van der Waals surface area contributed by atoms with E-state index in [4.69, 9.17) is 16.3 Å². The van der Waals surface area contributed by atoms with Crippen LogP contribution in [0.15, 0.2) is 54.6 Å². The summed E-state index contributed by atoms with van der Waals surface area (Å²) in [6.07, 6.45) is 0.159. The van der Waals surface area contributed by atoms with Crippen LogP contribution < -0.4 is 10.1 Å². The Morgan fingerprint density at radius 2 is 1.87 bits per heavy atom. The first kappa shape index (κ1) is 17.4. The topological polar surface area (TPSA) is 38.3 Å². The lowest BCUT2D eigenvalue weighted by atomic mass is 9.94. The minimum absolute atomic E-state index is 0.147. The van der Waals surface area contributed by atoms with Crippen molar-refractivity contribution in [3.05, 3.63) is 65.2 Å². The van der Waals surface area contributed by atoms with Gasteiger partial charge in [-0.1, -0.05) is 48.0 Å². The van der Waals surface area contributed by atoms with E-state index in [0.717, 1.165) is 6.42 Å². The fraction of sp³-hybridized carbons (Fsp3) is 0.316. The Morgan fingerprint density at radius 3 is 2.52 bits per heavy atom. The molecule has 1 N–H and O–H groups in total. The summed E-state index contributed by atoms with van der Waals surface area (Å²) in [6.45, 7) is 5.74. The van der Waals surface area contributed by atoms with Gasteiger partial charge in [0.2, 0.25) is 0 Å². The van der Waals surface area contributed by atoms with Crippen LogP contribution in [-0.4, -0.2) is 17.6 Å². The molecule has 0 aliphatic rings. The van der Waals surface area contributed by atoms with Gasteiger partial charge in [0, 0.05) is 10.6 Å². The second-order valence-corrected chi connectivity index (χ2v) is 6.69. The number of hydrogen-bond donors (Lipinski definition) is 1. The summed E-state index contributed by atoms with van der Waals surface area (Å²) in [6, 6.07) is 17.1. The van der Waals surface area contributed by atoms with E-state index >= 15 is 0 Å². The van der Waals surface area contributed by atoms with E-state index < -0.39 is 6.10 Å². The number of carbonyl (C=O) groups excluding carboxylic acids is 1. The lowest BCUT2D eigenvalue weighted by molar-refractivity contribution is -0.128. The molecule has 23 heavy (non-hydrogen) atoms. The summed E-state index contributed by atoms with van der Waals surface area (Å²) in [5.74, 6) is 0.437. The van der Waals surface area contributed by atoms with Crippen molar-refractivity contribution in [2.24, 2.45) is 0 Å². The molecule has 0 bridgehead atoms. The Kier molecular flexibility index (Phi) is 5.67. The van der Waals surface area contributed by atoms with E-state index in [9.17, 15) is 4.79 Å². The lowest BCUT2D eigenvalue weighted by Gasteiger charge is -2.28. The number of ether oxygens (including phenoxy) is 1. The van der Waals surface area contributed by atoms with Gasteiger partial charge in [0.25, 0.3) is 5.91 Å². The fourth-order valence-corrected chi connectivity index (χ4v) is 2.56. The molecule has 0 saturated carbocycles. The van der Waals surface area contributed by atoms with Crippen LogP contribution in [0.3, 0.4) is 0 Å². The molecule has 2 aromatic rings. The zero-order valence-corrected chi connectivity index (χ0v) is 14.4. The van der Waals surface area contributed by atoms with Gasteiger partial charge >= 0.3 is 0 Å². The van der Waals surface area contributed by atoms with Gasteiger partial charge in [0.15, 0.2) is 6.10 Å². The summed E-state index contributed by atoms with van der Waals surface area (Å²) in [4.78, 5) is 12.4. The van der Waals surface area contributed by atoms with Crippen molar-refractivity contribution >= 4 is 17.5 Å². The van der Waals surface area contributed by atoms with Gasteiger partial charge in [0.05, 0.1) is 0 Å². The molecule has 0 radical (unpaired) electrons. The minimum Gasteiger partial charge on any atom is -0.481 e. The minimum atomic E-state index is -0.594. The van der Waals surface area contributed by atoms with E-state index in [1.54, 1.807) is 31.2 Å². The number of benzene rings is 2. The van der Waals surface area contributed by atoms with E-state index in [1.807, 2.05) is 32.0 Å². The molecule has 2 aromatic carbocycles. The van der Waals surface area contributed by atoms with Crippen molar-refractivity contribution in [3.8, 4) is 5.75 Å². The Morgan fingerprint density at radius 1 is 1.17 bits per heavy atom. The van der Waals surface area contributed by atoms with Crippen LogP contribution in [0.25, 0.3) is 0 Å². The van der Waals surface area contributed by atoms with Crippen LogP contribution in [-0.2, 0) is 11.2 Å². The van der Waals surface area contributed by atoms with Gasteiger partial charge in [-0.25, -0.2) is 0 Å². The number of rotatable bonds is 6. The molecule has 0 fully saturated rings. The highest BCUT2D eigenvalue weighted by molar-refractivity contribution is 6.30. The van der Waals surface area contributed by atoms with Crippen molar-refractivity contribution in [2.75, 3.05) is 0 Å². The monoisotopic (exact) mass is 331 g/mol. The molecule has 1 unspecified atom stereocenters. The highest BCUT2D eigenvalue weighted by atomic mass is 35.5. The van der Waals surface area contributed by atoms with E-state index in [1.165, 1.54) is 5.56 Å². The third-order valence-electron chi connectivity index (χ3n) is 3.43. The maximum Gasteiger partial charge on any atom is 0.261 e. The van der Waals surface area contributed by atoms with Crippen LogP contribution in [0.5, 0.6) is 5.75 Å². The van der Waals surface area contributed by atoms with Gasteiger partial charge in [0.1, 0.15) is 5.75 Å². The Hall–Kier alpha value is -2.00. The molecular formula is C19H22ClNO2. The molecule has 0 heterocycles. The third kappa shape index (κ3) is 5.61. The van der Waals surface area contributed by atoms with Crippen LogP contribution in [0.1, 0.15) is 26.3 Å². The molecule has 3 nitrogen and oxygen atoms in total. The van der Waals surface area contributed by atoms with E-state index in [0.29, 0.717) is 10.8 Å². The molecule has 0 aliphatic heterocycles. The molecule has 1 atom stereocenters. The van der Waals surface area contributed by atoms with Crippen molar-refractivity contribution in [1.29, 1.82) is 0 Å². The van der Waals surface area contributed by atoms with E-state index in [2.05, 4.69) is 17.4 Å². The van der Waals surface area contributed by atoms with Gasteiger partial charge in [-0.2, -0.15) is 0 Å². The third-order valence-corrected chi connectivity index (χ3v) is 3.66. The number of nitrogens with one attached hydrogen (secondary N) is 1. The Bertz CT molecular complexity index is 655. The smallest absolute Gasteiger partial charge is 0.261 e. The summed E-state index contributed by atoms with van der Waals surface area (Å²) in [5.41, 5.74) is 0.825. The van der Waals surface area contributed by atoms with Crippen LogP contribution in [0, 0.1) is 0 Å². The van der Waals surface area contributed by atoms with Crippen LogP contribution >= 0.6 is 11.6 Å². The Labute approximate surface area is 142 Å². The number of halogens is 1. The average Bonchev–Trinajstić information content (AvgIpc) is 2.47. The maximum absolute atomic E-state index is 12.4. The first-order chi connectivity index (χ1) is 10.9. The summed E-state index contributed by atoms with van der Waals surface area (Å²) in [7, 11) is 0. The molecule has 1 amide bonds. The van der Waals surface area contributed by atoms with Crippen molar-refractivity contribution in [3.63, 3.8) is 0 Å². The molecule has 2 rings (SSSR count). The maximum atomic E-state index is 12.4. The van der Waals surface area contributed by atoms with Gasteiger partial charge in [-0.05, 0) is 51.0 Å². The number of amides is 1. The van der Waals surface area contributed by atoms with Gasteiger partial charge in [-0.15, -0.1) is 0 Å². The molecule has 122 valence electrons. The summed E-state index contributed by atoms with van der Waals surface area (Å²) < 4.78 is 5.66. The van der Waals surface area contributed by atoms with Crippen LogP contribution in [0.4, 0.5) is 0 Å². The second kappa shape index (κ2) is 7.51. The van der Waals surface area contributed by atoms with Crippen molar-refractivity contribution in [1.82, 2.24) is 5.32 Å². The Balaban J connectivity index is 1.94. The van der Waals surface area contributed by atoms with Gasteiger partial charge < -0.3 is 10.1 Å². The zero-order valence-electron chi connectivity index (χ0n) is 13.7. The molecule has 0 saturated heterocycles. The largest absolute Gasteiger partial charge is 0.481 e. The van der Waals surface area contributed by atoms with Crippen LogP contribution in [0.2, 0.25) is 5.02 Å². The van der Waals surface area contributed by atoms with E-state index in [-0.39, 0.29) is 11.4 Å². The quantitative estimate of drug-likeness (QED) is 0.859.